The van der Waals surface area contributed by atoms with Gasteiger partial charge in [0.05, 0.1) is 52.3 Å². The van der Waals surface area contributed by atoms with Gasteiger partial charge in [-0.05, 0) is 29.8 Å². The zero-order chi connectivity index (χ0) is 23.8. The number of hydrogen-bond acceptors (Lipinski definition) is 6. The van der Waals surface area contributed by atoms with Crippen LogP contribution in [0, 0.1) is 0 Å². The van der Waals surface area contributed by atoms with E-state index in [-0.39, 0.29) is 30.1 Å². The van der Waals surface area contributed by atoms with Crippen LogP contribution in [0.1, 0.15) is 23.2 Å². The first kappa shape index (κ1) is 22.5. The van der Waals surface area contributed by atoms with Crippen molar-refractivity contribution < 1.29 is 23.1 Å². The van der Waals surface area contributed by atoms with Gasteiger partial charge in [0.1, 0.15) is 0 Å². The quantitative estimate of drug-likeness (QED) is 0.612. The van der Waals surface area contributed by atoms with Gasteiger partial charge in [0, 0.05) is 27.1 Å². The fourth-order valence-corrected chi connectivity index (χ4v) is 3.64. The van der Waals surface area contributed by atoms with E-state index in [2.05, 4.69) is 20.6 Å². The highest BCUT2D eigenvalue weighted by atomic mass is 19.4. The Hall–Kier alpha value is -3.73. The van der Waals surface area contributed by atoms with E-state index in [1.807, 2.05) is 0 Å². The maximum Gasteiger partial charge on any atom is 0.418 e. The lowest BCUT2D eigenvalue weighted by Gasteiger charge is -2.21. The number of aliphatic hydroxyl groups excluding tert-OH is 1. The van der Waals surface area contributed by atoms with E-state index in [4.69, 9.17) is 0 Å². The lowest BCUT2D eigenvalue weighted by atomic mass is 10.1. The highest BCUT2D eigenvalue weighted by molar-refractivity contribution is 6.17. The molecule has 3 aromatic rings. The maximum absolute atomic E-state index is 13.6. The molecule has 172 valence electrons. The highest BCUT2D eigenvalue weighted by Crippen LogP contribution is 2.42. The Bertz CT molecular complexity index is 1230. The first-order chi connectivity index (χ1) is 15.7. The van der Waals surface area contributed by atoms with E-state index in [9.17, 15) is 23.1 Å². The molecule has 0 radical (unpaired) electrons. The van der Waals surface area contributed by atoms with E-state index >= 15 is 0 Å². The molecule has 4 rings (SSSR count). The van der Waals surface area contributed by atoms with Crippen LogP contribution in [0.5, 0.6) is 0 Å². The summed E-state index contributed by atoms with van der Waals surface area (Å²) in [4.78, 5) is 18.4. The van der Waals surface area contributed by atoms with Crippen LogP contribution in [0.15, 0.2) is 47.6 Å². The summed E-state index contributed by atoms with van der Waals surface area (Å²) in [7, 11) is 3.03. The van der Waals surface area contributed by atoms with Crippen LogP contribution in [0.25, 0.3) is 5.69 Å². The van der Waals surface area contributed by atoms with E-state index in [0.29, 0.717) is 29.1 Å². The predicted molar refractivity (Wildman–Crippen MR) is 117 cm³/mol. The van der Waals surface area contributed by atoms with Crippen molar-refractivity contribution in [2.24, 2.45) is 4.99 Å². The second kappa shape index (κ2) is 8.66. The van der Waals surface area contributed by atoms with Crippen LogP contribution >= 0.6 is 0 Å². The molecule has 11 heteroatoms. The molecule has 0 aliphatic carbocycles. The molecule has 1 amide bonds. The van der Waals surface area contributed by atoms with E-state index < -0.39 is 17.6 Å². The number of aromatic nitrogens is 3. The Kier molecular flexibility index (Phi) is 5.90. The number of anilines is 2. The van der Waals surface area contributed by atoms with Crippen molar-refractivity contribution in [1.82, 2.24) is 15.0 Å². The van der Waals surface area contributed by atoms with E-state index in [1.54, 1.807) is 35.1 Å². The van der Waals surface area contributed by atoms with Crippen LogP contribution < -0.4 is 10.2 Å². The maximum atomic E-state index is 13.6. The third-order valence-electron chi connectivity index (χ3n) is 5.17. The molecule has 1 aliphatic rings. The Balaban J connectivity index is 1.81. The Labute approximate surface area is 187 Å². The molecule has 0 bridgehead atoms. The average Bonchev–Trinajstić information content (AvgIpc) is 3.14. The van der Waals surface area contributed by atoms with Crippen molar-refractivity contribution >= 4 is 28.7 Å². The number of carbonyl (C=O) groups is 1. The standard InChI is InChI=1S/C22H21F3N6O2/c1-30(2)20-10-19-18(9-16(20)22(23,24)25)28-21(33)11-17(27-19)13-4-3-5-14(8-13)31-15(6-7-32)12-26-29-31/h3-5,8-10,12,32H,6-7,11H2,1-2H3,(H,28,33). The third kappa shape index (κ3) is 4.58. The molecular formula is C22H21F3N6O2. The van der Waals surface area contributed by atoms with Crippen molar-refractivity contribution in [3.63, 3.8) is 0 Å². The van der Waals surface area contributed by atoms with Gasteiger partial charge in [-0.3, -0.25) is 9.79 Å². The summed E-state index contributed by atoms with van der Waals surface area (Å²) in [5.41, 5.74) is 1.72. The smallest absolute Gasteiger partial charge is 0.396 e. The second-order valence-corrected chi connectivity index (χ2v) is 7.72. The number of nitrogens with one attached hydrogen (secondary N) is 1. The third-order valence-corrected chi connectivity index (χ3v) is 5.17. The Morgan fingerprint density at radius 2 is 2.00 bits per heavy atom. The number of benzene rings is 2. The number of rotatable bonds is 5. The Morgan fingerprint density at radius 3 is 2.70 bits per heavy atom. The van der Waals surface area contributed by atoms with Crippen molar-refractivity contribution in [2.75, 3.05) is 30.9 Å². The van der Waals surface area contributed by atoms with Crippen molar-refractivity contribution in [3.05, 3.63) is 59.4 Å². The molecule has 2 heterocycles. The van der Waals surface area contributed by atoms with Gasteiger partial charge in [-0.1, -0.05) is 17.3 Å². The lowest BCUT2D eigenvalue weighted by Crippen LogP contribution is -2.18. The number of alkyl halides is 3. The van der Waals surface area contributed by atoms with Gasteiger partial charge in [0.2, 0.25) is 5.91 Å². The number of nitrogens with zero attached hydrogens (tertiary/aromatic N) is 5. The minimum Gasteiger partial charge on any atom is -0.396 e. The topological polar surface area (TPSA) is 95.6 Å². The molecular weight excluding hydrogens is 437 g/mol. The first-order valence-electron chi connectivity index (χ1n) is 10.1. The Morgan fingerprint density at radius 1 is 1.21 bits per heavy atom. The molecule has 1 aliphatic heterocycles. The largest absolute Gasteiger partial charge is 0.418 e. The van der Waals surface area contributed by atoms with Gasteiger partial charge in [0.15, 0.2) is 0 Å². The second-order valence-electron chi connectivity index (χ2n) is 7.72. The number of amides is 1. The number of carbonyl (C=O) groups excluding carboxylic acids is 1. The van der Waals surface area contributed by atoms with Gasteiger partial charge in [-0.15, -0.1) is 5.10 Å². The van der Waals surface area contributed by atoms with Crippen LogP contribution in [-0.4, -0.2) is 52.4 Å². The summed E-state index contributed by atoms with van der Waals surface area (Å²) in [5.74, 6) is -0.467. The molecule has 2 N–H and O–H groups in total. The van der Waals surface area contributed by atoms with Gasteiger partial charge in [-0.2, -0.15) is 13.2 Å². The van der Waals surface area contributed by atoms with Gasteiger partial charge < -0.3 is 15.3 Å². The summed E-state index contributed by atoms with van der Waals surface area (Å²) in [6, 6.07) is 9.33. The zero-order valence-corrected chi connectivity index (χ0v) is 17.9. The molecule has 1 aromatic heterocycles. The lowest BCUT2D eigenvalue weighted by molar-refractivity contribution is -0.137. The molecule has 8 nitrogen and oxygen atoms in total. The van der Waals surface area contributed by atoms with E-state index in [0.717, 1.165) is 6.07 Å². The summed E-state index contributed by atoms with van der Waals surface area (Å²) >= 11 is 0. The van der Waals surface area contributed by atoms with Gasteiger partial charge >= 0.3 is 6.18 Å². The minimum atomic E-state index is -4.59. The number of fused-ring (bicyclic) bond motifs is 1. The van der Waals surface area contributed by atoms with Crippen molar-refractivity contribution in [2.45, 2.75) is 19.0 Å². The summed E-state index contributed by atoms with van der Waals surface area (Å²) in [6.07, 6.45) is -2.78. The first-order valence-corrected chi connectivity index (χ1v) is 10.1. The monoisotopic (exact) mass is 458 g/mol. The summed E-state index contributed by atoms with van der Waals surface area (Å²) < 4.78 is 42.3. The fourth-order valence-electron chi connectivity index (χ4n) is 3.64. The van der Waals surface area contributed by atoms with Gasteiger partial charge in [0.25, 0.3) is 0 Å². The average molecular weight is 458 g/mol. The van der Waals surface area contributed by atoms with Crippen LogP contribution in [0.3, 0.4) is 0 Å². The number of aliphatic imine (C=N–C) groups is 1. The molecule has 0 fully saturated rings. The van der Waals surface area contributed by atoms with Gasteiger partial charge in [-0.25, -0.2) is 4.68 Å². The predicted octanol–water partition coefficient (Wildman–Crippen LogP) is 3.35. The minimum absolute atomic E-state index is 0.00517. The van der Waals surface area contributed by atoms with E-state index in [1.165, 1.54) is 25.1 Å². The number of aliphatic hydroxyl groups is 1. The molecule has 0 spiro atoms. The molecule has 0 atom stereocenters. The number of halogens is 3. The summed E-state index contributed by atoms with van der Waals surface area (Å²) in [5, 5.41) is 19.7. The van der Waals surface area contributed by atoms with Crippen LogP contribution in [0.4, 0.5) is 30.2 Å². The summed E-state index contributed by atoms with van der Waals surface area (Å²) in [6.45, 7) is -0.0646. The van der Waals surface area contributed by atoms with Crippen LogP contribution in [0.2, 0.25) is 0 Å². The molecule has 33 heavy (non-hydrogen) atoms. The van der Waals surface area contributed by atoms with Crippen LogP contribution in [-0.2, 0) is 17.4 Å². The molecule has 2 aromatic carbocycles. The SMILES string of the molecule is CN(C)c1cc2c(cc1C(F)(F)F)NC(=O)CC(c1cccc(-n3nncc3CCO)c1)=N2. The molecule has 0 saturated heterocycles. The normalized spacial score (nSPS) is 13.8. The number of hydrogen-bond donors (Lipinski definition) is 2. The van der Waals surface area contributed by atoms with Crippen molar-refractivity contribution in [1.29, 1.82) is 0 Å². The van der Waals surface area contributed by atoms with Crippen molar-refractivity contribution in [3.8, 4) is 5.69 Å². The molecule has 0 saturated carbocycles. The zero-order valence-electron chi connectivity index (χ0n) is 17.9. The fraction of sp³-hybridized carbons (Fsp3) is 0.273. The molecule has 0 unspecified atom stereocenters. The highest BCUT2D eigenvalue weighted by Gasteiger charge is 2.36.